The van der Waals surface area contributed by atoms with Crippen LogP contribution in [0.3, 0.4) is 0 Å². The van der Waals surface area contributed by atoms with E-state index >= 15 is 0 Å². The molecule has 0 aliphatic heterocycles. The van der Waals surface area contributed by atoms with Gasteiger partial charge in [0.2, 0.25) is 0 Å². The number of methoxy groups -OCH3 is 2. The van der Waals surface area contributed by atoms with Crippen LogP contribution >= 0.6 is 15.9 Å². The first-order valence-corrected chi connectivity index (χ1v) is 8.68. The second-order valence-corrected chi connectivity index (χ2v) is 6.47. The highest BCUT2D eigenvalue weighted by molar-refractivity contribution is 9.10. The Kier molecular flexibility index (Phi) is 7.56. The molecular formula is C19H24BrNO3. The Morgan fingerprint density at radius 3 is 2.50 bits per heavy atom. The molecule has 0 radical (unpaired) electrons. The van der Waals surface area contributed by atoms with Crippen LogP contribution in [0.15, 0.2) is 46.9 Å². The van der Waals surface area contributed by atoms with Gasteiger partial charge >= 0.3 is 0 Å². The molecule has 0 spiro atoms. The van der Waals surface area contributed by atoms with Gasteiger partial charge in [-0.15, -0.1) is 0 Å². The fourth-order valence-corrected chi connectivity index (χ4v) is 2.95. The number of hydrogen-bond donors (Lipinski definition) is 1. The number of ether oxygens (including phenoxy) is 3. The molecular weight excluding hydrogens is 370 g/mol. The van der Waals surface area contributed by atoms with Crippen molar-refractivity contribution in [1.29, 1.82) is 0 Å². The minimum atomic E-state index is 0.286. The Morgan fingerprint density at radius 2 is 1.83 bits per heavy atom. The van der Waals surface area contributed by atoms with E-state index < -0.39 is 0 Å². The number of benzene rings is 2. The van der Waals surface area contributed by atoms with E-state index in [1.165, 1.54) is 0 Å². The highest BCUT2D eigenvalue weighted by atomic mass is 79.9. The monoisotopic (exact) mass is 393 g/mol. The standard InChI is InChI=1S/C19H24BrNO3/c1-14(12-22-2)21-11-16-9-17(20)19(18(10-16)23-3)24-13-15-7-5-4-6-8-15/h4-10,14,21H,11-13H2,1-3H3. The molecule has 4 nitrogen and oxygen atoms in total. The van der Waals surface area contributed by atoms with Gasteiger partial charge in [-0.3, -0.25) is 0 Å². The van der Waals surface area contributed by atoms with Crippen molar-refractivity contribution in [2.24, 2.45) is 0 Å². The molecule has 2 aromatic carbocycles. The first kappa shape index (κ1) is 18.8. The van der Waals surface area contributed by atoms with Gasteiger partial charge in [-0.25, -0.2) is 0 Å². The normalized spacial score (nSPS) is 12.0. The van der Waals surface area contributed by atoms with Gasteiger partial charge < -0.3 is 19.5 Å². The summed E-state index contributed by atoms with van der Waals surface area (Å²) in [5, 5.41) is 3.41. The van der Waals surface area contributed by atoms with E-state index in [0.29, 0.717) is 13.2 Å². The third kappa shape index (κ3) is 5.51. The molecule has 24 heavy (non-hydrogen) atoms. The molecule has 0 fully saturated rings. The van der Waals surface area contributed by atoms with Crippen molar-refractivity contribution < 1.29 is 14.2 Å². The first-order valence-electron chi connectivity index (χ1n) is 7.89. The first-order chi connectivity index (χ1) is 11.6. The zero-order chi connectivity index (χ0) is 17.4. The van der Waals surface area contributed by atoms with Gasteiger partial charge in [0.15, 0.2) is 11.5 Å². The fourth-order valence-electron chi connectivity index (χ4n) is 2.35. The summed E-state index contributed by atoms with van der Waals surface area (Å²) in [7, 11) is 3.36. The van der Waals surface area contributed by atoms with Crippen LogP contribution in [0, 0.1) is 0 Å². The molecule has 1 unspecified atom stereocenters. The van der Waals surface area contributed by atoms with Gasteiger partial charge in [-0.2, -0.15) is 0 Å². The third-order valence-electron chi connectivity index (χ3n) is 3.59. The van der Waals surface area contributed by atoms with Crippen LogP contribution in [0.5, 0.6) is 11.5 Å². The van der Waals surface area contributed by atoms with Gasteiger partial charge in [0.25, 0.3) is 0 Å². The number of halogens is 1. The van der Waals surface area contributed by atoms with E-state index in [2.05, 4.69) is 34.2 Å². The van der Waals surface area contributed by atoms with Crippen LogP contribution in [-0.2, 0) is 17.9 Å². The van der Waals surface area contributed by atoms with E-state index in [0.717, 1.165) is 33.6 Å². The zero-order valence-corrected chi connectivity index (χ0v) is 15.9. The minimum Gasteiger partial charge on any atom is -0.493 e. The number of hydrogen-bond acceptors (Lipinski definition) is 4. The second-order valence-electron chi connectivity index (χ2n) is 5.62. The van der Waals surface area contributed by atoms with Crippen LogP contribution in [0.25, 0.3) is 0 Å². The fraction of sp³-hybridized carbons (Fsp3) is 0.368. The molecule has 1 N–H and O–H groups in total. The molecule has 0 bridgehead atoms. The lowest BCUT2D eigenvalue weighted by Crippen LogP contribution is -2.29. The summed E-state index contributed by atoms with van der Waals surface area (Å²) in [6.45, 7) is 4.00. The van der Waals surface area contributed by atoms with Crippen LogP contribution in [0.1, 0.15) is 18.1 Å². The van der Waals surface area contributed by atoms with E-state index in [1.54, 1.807) is 14.2 Å². The number of nitrogens with one attached hydrogen (secondary N) is 1. The van der Waals surface area contributed by atoms with E-state index in [1.807, 2.05) is 36.4 Å². The van der Waals surface area contributed by atoms with Crippen molar-refractivity contribution in [1.82, 2.24) is 5.32 Å². The average molecular weight is 394 g/mol. The molecule has 0 aromatic heterocycles. The summed E-state index contributed by atoms with van der Waals surface area (Å²) in [6.07, 6.45) is 0. The van der Waals surface area contributed by atoms with Crippen LogP contribution in [-0.4, -0.2) is 26.9 Å². The number of rotatable bonds is 9. The second kappa shape index (κ2) is 9.67. The molecule has 2 rings (SSSR count). The van der Waals surface area contributed by atoms with Crippen LogP contribution < -0.4 is 14.8 Å². The van der Waals surface area contributed by atoms with Crippen molar-refractivity contribution >= 4 is 15.9 Å². The summed E-state index contributed by atoms with van der Waals surface area (Å²) >= 11 is 3.59. The molecule has 2 aromatic rings. The molecule has 0 amide bonds. The molecule has 130 valence electrons. The summed E-state index contributed by atoms with van der Waals surface area (Å²) in [4.78, 5) is 0. The maximum atomic E-state index is 5.95. The highest BCUT2D eigenvalue weighted by Crippen LogP contribution is 2.37. The third-order valence-corrected chi connectivity index (χ3v) is 4.18. The topological polar surface area (TPSA) is 39.7 Å². The predicted octanol–water partition coefficient (Wildman–Crippen LogP) is 4.16. The molecule has 0 aliphatic rings. The van der Waals surface area contributed by atoms with Crippen molar-refractivity contribution in [3.05, 3.63) is 58.1 Å². The molecule has 0 aliphatic carbocycles. The summed E-state index contributed by atoms with van der Waals surface area (Å²) in [6, 6.07) is 14.4. The lowest BCUT2D eigenvalue weighted by atomic mass is 10.2. The van der Waals surface area contributed by atoms with Crippen LogP contribution in [0.2, 0.25) is 0 Å². The Balaban J connectivity index is 2.06. The van der Waals surface area contributed by atoms with Crippen molar-refractivity contribution in [2.75, 3.05) is 20.8 Å². The molecule has 0 heterocycles. The average Bonchev–Trinajstić information content (AvgIpc) is 2.59. The highest BCUT2D eigenvalue weighted by Gasteiger charge is 2.12. The quantitative estimate of drug-likeness (QED) is 0.693. The summed E-state index contributed by atoms with van der Waals surface area (Å²) in [5.74, 6) is 1.44. The van der Waals surface area contributed by atoms with E-state index in [-0.39, 0.29) is 6.04 Å². The van der Waals surface area contributed by atoms with Gasteiger partial charge in [0.1, 0.15) is 6.61 Å². The lowest BCUT2D eigenvalue weighted by molar-refractivity contribution is 0.171. The van der Waals surface area contributed by atoms with Crippen molar-refractivity contribution in [2.45, 2.75) is 26.1 Å². The molecule has 0 saturated heterocycles. The van der Waals surface area contributed by atoms with E-state index in [4.69, 9.17) is 14.2 Å². The predicted molar refractivity (Wildman–Crippen MR) is 99.6 cm³/mol. The zero-order valence-electron chi connectivity index (χ0n) is 14.3. The Morgan fingerprint density at radius 1 is 1.08 bits per heavy atom. The van der Waals surface area contributed by atoms with Gasteiger partial charge in [0, 0.05) is 19.7 Å². The Labute approximate surface area is 152 Å². The largest absolute Gasteiger partial charge is 0.493 e. The molecule has 0 saturated carbocycles. The molecule has 5 heteroatoms. The van der Waals surface area contributed by atoms with Crippen LogP contribution in [0.4, 0.5) is 0 Å². The van der Waals surface area contributed by atoms with Gasteiger partial charge in [0.05, 0.1) is 18.2 Å². The van der Waals surface area contributed by atoms with Gasteiger partial charge in [-0.05, 0) is 46.1 Å². The van der Waals surface area contributed by atoms with Gasteiger partial charge in [-0.1, -0.05) is 30.3 Å². The Bertz CT molecular complexity index is 634. The van der Waals surface area contributed by atoms with Crippen molar-refractivity contribution in [3.63, 3.8) is 0 Å². The summed E-state index contributed by atoms with van der Waals surface area (Å²) in [5.41, 5.74) is 2.24. The van der Waals surface area contributed by atoms with Crippen molar-refractivity contribution in [3.8, 4) is 11.5 Å². The minimum absolute atomic E-state index is 0.286. The lowest BCUT2D eigenvalue weighted by Gasteiger charge is -2.16. The smallest absolute Gasteiger partial charge is 0.175 e. The summed E-state index contributed by atoms with van der Waals surface area (Å²) < 4.78 is 17.5. The van der Waals surface area contributed by atoms with E-state index in [9.17, 15) is 0 Å². The SMILES string of the molecule is COCC(C)NCc1cc(Br)c(OCc2ccccc2)c(OC)c1. The Hall–Kier alpha value is -1.56. The maximum Gasteiger partial charge on any atom is 0.175 e. The molecule has 1 atom stereocenters. The maximum absolute atomic E-state index is 5.95.